The Morgan fingerprint density at radius 3 is 1.80 bits per heavy atom. The summed E-state index contributed by atoms with van der Waals surface area (Å²) in [6, 6.07) is 77.4. The van der Waals surface area contributed by atoms with E-state index in [1.165, 1.54) is 60.7 Å². The molecule has 1 aliphatic rings. The number of furan rings is 1. The van der Waals surface area contributed by atoms with Gasteiger partial charge in [-0.15, -0.1) is 0 Å². The van der Waals surface area contributed by atoms with E-state index >= 15 is 0 Å². The molecule has 0 N–H and O–H groups in total. The van der Waals surface area contributed by atoms with Crippen LogP contribution in [0.3, 0.4) is 0 Å². The van der Waals surface area contributed by atoms with Crippen LogP contribution in [0.15, 0.2) is 217 Å². The molecule has 61 heavy (non-hydrogen) atoms. The summed E-state index contributed by atoms with van der Waals surface area (Å²) in [6.07, 6.45) is 0. The maximum atomic E-state index is 7.17. The van der Waals surface area contributed by atoms with Crippen molar-refractivity contribution in [1.29, 1.82) is 0 Å². The molecule has 0 unspecified atom stereocenters. The second-order valence-corrected chi connectivity index (χ2v) is 16.9. The number of hydrogen-bond donors (Lipinski definition) is 0. The molecule has 0 aliphatic heterocycles. The van der Waals surface area contributed by atoms with Gasteiger partial charge in [0.25, 0.3) is 0 Å². The van der Waals surface area contributed by atoms with E-state index in [9.17, 15) is 0 Å². The highest BCUT2D eigenvalue weighted by Crippen LogP contribution is 2.53. The lowest BCUT2D eigenvalue weighted by Crippen LogP contribution is -2.16. The average molecular weight is 780 g/mol. The fourth-order valence-electron chi connectivity index (χ4n) is 9.97. The number of rotatable bonds is 6. The zero-order valence-corrected chi connectivity index (χ0v) is 34.1. The summed E-state index contributed by atoms with van der Waals surface area (Å²) in [5.41, 5.74) is 17.1. The van der Waals surface area contributed by atoms with Crippen LogP contribution in [0.2, 0.25) is 0 Å². The van der Waals surface area contributed by atoms with Crippen LogP contribution in [0, 0.1) is 0 Å². The van der Waals surface area contributed by atoms with Gasteiger partial charge in [0, 0.05) is 27.6 Å². The molecule has 288 valence electrons. The minimum absolute atomic E-state index is 0.168. The lowest BCUT2D eigenvalue weighted by molar-refractivity contribution is 0.660. The molecule has 0 saturated heterocycles. The summed E-state index contributed by atoms with van der Waals surface area (Å²) >= 11 is 0. The van der Waals surface area contributed by atoms with Crippen LogP contribution < -0.4 is 4.90 Å². The van der Waals surface area contributed by atoms with Crippen LogP contribution in [-0.2, 0) is 5.41 Å². The second kappa shape index (κ2) is 13.7. The Hall–Kier alpha value is -7.68. The third kappa shape index (κ3) is 5.64. The van der Waals surface area contributed by atoms with Crippen molar-refractivity contribution < 1.29 is 4.42 Å². The van der Waals surface area contributed by atoms with Gasteiger partial charge in [-0.2, -0.15) is 0 Å². The summed E-state index contributed by atoms with van der Waals surface area (Å²) in [6.45, 7) is 4.72. The van der Waals surface area contributed by atoms with Crippen LogP contribution in [0.5, 0.6) is 0 Å². The molecule has 1 heterocycles. The van der Waals surface area contributed by atoms with E-state index in [1.54, 1.807) is 0 Å². The maximum absolute atomic E-state index is 7.17. The molecule has 2 nitrogen and oxygen atoms in total. The van der Waals surface area contributed by atoms with Crippen molar-refractivity contribution in [2.75, 3.05) is 4.90 Å². The fourth-order valence-corrected chi connectivity index (χ4v) is 9.97. The minimum Gasteiger partial charge on any atom is -0.455 e. The predicted octanol–water partition coefficient (Wildman–Crippen LogP) is 16.7. The van der Waals surface area contributed by atoms with E-state index in [0.29, 0.717) is 0 Å². The first kappa shape index (κ1) is 35.3. The number of nitrogens with zero attached hydrogens (tertiary/aromatic N) is 1. The molecule has 2 heteroatoms. The smallest absolute Gasteiger partial charge is 0.143 e. The lowest BCUT2D eigenvalue weighted by atomic mass is 9.82. The molecule has 0 atom stereocenters. The Morgan fingerprint density at radius 2 is 1.00 bits per heavy atom. The highest BCUT2D eigenvalue weighted by molar-refractivity contribution is 6.23. The summed E-state index contributed by atoms with van der Waals surface area (Å²) < 4.78 is 7.17. The summed E-state index contributed by atoms with van der Waals surface area (Å²) in [4.78, 5) is 2.47. The molecule has 0 fully saturated rings. The van der Waals surface area contributed by atoms with Gasteiger partial charge in [-0.05, 0) is 120 Å². The van der Waals surface area contributed by atoms with E-state index in [4.69, 9.17) is 4.42 Å². The van der Waals surface area contributed by atoms with Gasteiger partial charge in [0.15, 0.2) is 0 Å². The van der Waals surface area contributed by atoms with Gasteiger partial charge >= 0.3 is 0 Å². The highest BCUT2D eigenvalue weighted by atomic mass is 16.3. The minimum atomic E-state index is -0.168. The molecular formula is C59H41NO. The molecule has 10 aromatic carbocycles. The number of hydrogen-bond acceptors (Lipinski definition) is 2. The van der Waals surface area contributed by atoms with Crippen molar-refractivity contribution in [2.24, 2.45) is 0 Å². The molecule has 0 radical (unpaired) electrons. The van der Waals surface area contributed by atoms with Crippen molar-refractivity contribution >= 4 is 60.5 Å². The summed E-state index contributed by atoms with van der Waals surface area (Å²) in [7, 11) is 0. The quantitative estimate of drug-likeness (QED) is 0.167. The van der Waals surface area contributed by atoms with Crippen molar-refractivity contribution in [3.05, 3.63) is 223 Å². The maximum Gasteiger partial charge on any atom is 0.143 e. The Balaban J connectivity index is 1.18. The Labute approximate surface area is 355 Å². The van der Waals surface area contributed by atoms with Crippen molar-refractivity contribution in [3.8, 4) is 44.5 Å². The zero-order chi connectivity index (χ0) is 40.7. The third-order valence-electron chi connectivity index (χ3n) is 13.0. The molecule has 12 rings (SSSR count). The highest BCUT2D eigenvalue weighted by Gasteiger charge is 2.36. The van der Waals surface area contributed by atoms with Gasteiger partial charge in [0.2, 0.25) is 0 Å². The zero-order valence-electron chi connectivity index (χ0n) is 34.1. The first-order valence-corrected chi connectivity index (χ1v) is 21.2. The van der Waals surface area contributed by atoms with E-state index in [0.717, 1.165) is 55.5 Å². The number of benzene rings is 10. The summed E-state index contributed by atoms with van der Waals surface area (Å²) in [5.74, 6) is 0. The molecular weight excluding hydrogens is 739 g/mol. The normalized spacial score (nSPS) is 12.9. The lowest BCUT2D eigenvalue weighted by Gasteiger charge is -2.29. The standard InChI is InChI=1S/C59H41NO/c1-59(2)53-24-14-13-22-48(53)49-32-31-46(36-54(49)59)60(45-29-27-40(28-30-45)38-15-5-3-6-16-38)55-34-44(43-26-25-39-17-9-10-20-42(39)33-43)35-56-57(55)52-37-51(41-18-7-4-8-19-41)47-21-11-12-23-50(47)58(52)61-56/h3-37H,1-2H3. The van der Waals surface area contributed by atoms with Crippen molar-refractivity contribution in [2.45, 2.75) is 19.3 Å². The van der Waals surface area contributed by atoms with Gasteiger partial charge in [-0.1, -0.05) is 178 Å². The number of fused-ring (bicyclic) bond motifs is 9. The average Bonchev–Trinajstić information content (AvgIpc) is 3.81. The Kier molecular flexibility index (Phi) is 7.92. The van der Waals surface area contributed by atoms with Crippen LogP contribution >= 0.6 is 0 Å². The van der Waals surface area contributed by atoms with Crippen LogP contribution in [0.1, 0.15) is 25.0 Å². The van der Waals surface area contributed by atoms with Crippen LogP contribution in [-0.4, -0.2) is 0 Å². The molecule has 0 amide bonds. The van der Waals surface area contributed by atoms with E-state index < -0.39 is 0 Å². The SMILES string of the molecule is CC1(C)c2ccccc2-c2ccc(N(c3ccc(-c4ccccc4)cc3)c3cc(-c4ccc5ccccc5c4)cc4oc5c6ccccc6c(-c6ccccc6)cc5c34)cc21. The summed E-state index contributed by atoms with van der Waals surface area (Å²) in [5, 5.41) is 6.87. The topological polar surface area (TPSA) is 16.4 Å². The van der Waals surface area contributed by atoms with Gasteiger partial charge in [-0.25, -0.2) is 0 Å². The van der Waals surface area contributed by atoms with E-state index in [-0.39, 0.29) is 5.41 Å². The molecule has 11 aromatic rings. The Bertz CT molecular complexity index is 3490. The van der Waals surface area contributed by atoms with Gasteiger partial charge in [-0.3, -0.25) is 0 Å². The van der Waals surface area contributed by atoms with Gasteiger partial charge in [0.1, 0.15) is 11.2 Å². The molecule has 1 aromatic heterocycles. The second-order valence-electron chi connectivity index (χ2n) is 16.9. The fraction of sp³-hybridized carbons (Fsp3) is 0.0508. The van der Waals surface area contributed by atoms with E-state index in [2.05, 4.69) is 231 Å². The van der Waals surface area contributed by atoms with Gasteiger partial charge < -0.3 is 9.32 Å². The molecule has 1 aliphatic carbocycles. The molecule has 0 bridgehead atoms. The van der Waals surface area contributed by atoms with Gasteiger partial charge in [0.05, 0.1) is 11.1 Å². The first-order valence-electron chi connectivity index (χ1n) is 21.2. The monoisotopic (exact) mass is 779 g/mol. The van der Waals surface area contributed by atoms with Crippen molar-refractivity contribution in [3.63, 3.8) is 0 Å². The largest absolute Gasteiger partial charge is 0.455 e. The number of anilines is 3. The van der Waals surface area contributed by atoms with Crippen molar-refractivity contribution in [1.82, 2.24) is 0 Å². The first-order chi connectivity index (χ1) is 30.0. The van der Waals surface area contributed by atoms with E-state index in [1.807, 2.05) is 0 Å². The predicted molar refractivity (Wildman–Crippen MR) is 257 cm³/mol. The third-order valence-corrected chi connectivity index (χ3v) is 13.0. The van der Waals surface area contributed by atoms with Crippen LogP contribution in [0.25, 0.3) is 88.0 Å². The molecule has 0 spiro atoms. The molecule has 0 saturated carbocycles. The van der Waals surface area contributed by atoms with Crippen LogP contribution in [0.4, 0.5) is 17.1 Å². The Morgan fingerprint density at radius 1 is 0.377 bits per heavy atom.